The van der Waals surface area contributed by atoms with Gasteiger partial charge in [0.25, 0.3) is 0 Å². The van der Waals surface area contributed by atoms with Gasteiger partial charge < -0.3 is 10.8 Å². The number of rotatable bonds is 3. The fourth-order valence-electron chi connectivity index (χ4n) is 5.14. The molecule has 4 heteroatoms. The van der Waals surface area contributed by atoms with Crippen LogP contribution in [0.3, 0.4) is 0 Å². The minimum Gasteiger partial charge on any atom is -0.394 e. The lowest BCUT2D eigenvalue weighted by Gasteiger charge is -2.54. The Kier molecular flexibility index (Phi) is 2.71. The number of aromatic nitrogens is 2. The normalized spacial score (nSPS) is 41.7. The van der Waals surface area contributed by atoms with E-state index in [1.54, 1.807) is 0 Å². The molecule has 1 atom stereocenters. The van der Waals surface area contributed by atoms with E-state index in [-0.39, 0.29) is 12.6 Å². The molecule has 1 heterocycles. The first-order chi connectivity index (χ1) is 9.24. The molecule has 1 aromatic rings. The first-order valence-corrected chi connectivity index (χ1v) is 7.65. The summed E-state index contributed by atoms with van der Waals surface area (Å²) >= 11 is 0. The first kappa shape index (κ1) is 11.9. The molecule has 1 aromatic heterocycles. The van der Waals surface area contributed by atoms with Crippen LogP contribution in [0.15, 0.2) is 12.4 Å². The van der Waals surface area contributed by atoms with Crippen LogP contribution < -0.4 is 5.73 Å². The van der Waals surface area contributed by atoms with Gasteiger partial charge in [-0.1, -0.05) is 0 Å². The fraction of sp³-hybridized carbons (Fsp3) is 0.800. The molecule has 4 saturated carbocycles. The molecule has 3 N–H and O–H groups in total. The van der Waals surface area contributed by atoms with Crippen molar-refractivity contribution < 1.29 is 5.11 Å². The van der Waals surface area contributed by atoms with Crippen LogP contribution in [0.5, 0.6) is 0 Å². The molecule has 0 amide bonds. The van der Waals surface area contributed by atoms with Crippen LogP contribution in [0.2, 0.25) is 0 Å². The summed E-state index contributed by atoms with van der Waals surface area (Å²) in [5, 5.41) is 13.7. The topological polar surface area (TPSA) is 64.1 Å². The Hall–Kier alpha value is -0.870. The molecule has 0 aromatic carbocycles. The van der Waals surface area contributed by atoms with Gasteiger partial charge in [0, 0.05) is 11.8 Å². The molecule has 4 fully saturated rings. The maximum atomic E-state index is 9.15. The van der Waals surface area contributed by atoms with Crippen LogP contribution in [0, 0.1) is 23.7 Å². The summed E-state index contributed by atoms with van der Waals surface area (Å²) in [6.07, 6.45) is 11.0. The number of hydrogen-bond acceptors (Lipinski definition) is 3. The highest BCUT2D eigenvalue weighted by Crippen LogP contribution is 2.58. The summed E-state index contributed by atoms with van der Waals surface area (Å²) in [7, 11) is 0. The van der Waals surface area contributed by atoms with Gasteiger partial charge >= 0.3 is 0 Å². The predicted octanol–water partition coefficient (Wildman–Crippen LogP) is 1.87. The Morgan fingerprint density at radius 1 is 1.21 bits per heavy atom. The standard InChI is InChI=1S/C15H23N3O/c16-14(8-19)13-6-17-18(7-13)15-11-2-9-1-10(4-11)5-12(15)3-9/h6-7,9-12,14-15,19H,1-5,8,16H2. The van der Waals surface area contributed by atoms with Crippen LogP contribution in [0.1, 0.15) is 49.8 Å². The Morgan fingerprint density at radius 2 is 1.84 bits per heavy atom. The number of aliphatic hydroxyl groups excluding tert-OH is 1. The van der Waals surface area contributed by atoms with E-state index in [2.05, 4.69) is 16.0 Å². The number of hydrogen-bond donors (Lipinski definition) is 2. The largest absolute Gasteiger partial charge is 0.394 e. The summed E-state index contributed by atoms with van der Waals surface area (Å²) < 4.78 is 2.16. The van der Waals surface area contributed by atoms with E-state index in [4.69, 9.17) is 10.8 Å². The molecule has 0 radical (unpaired) electrons. The molecule has 4 bridgehead atoms. The van der Waals surface area contributed by atoms with Crippen LogP contribution >= 0.6 is 0 Å². The van der Waals surface area contributed by atoms with Crippen molar-refractivity contribution in [3.05, 3.63) is 18.0 Å². The average molecular weight is 261 g/mol. The summed E-state index contributed by atoms with van der Waals surface area (Å²) in [6.45, 7) is -0.00658. The van der Waals surface area contributed by atoms with Gasteiger partial charge in [0.1, 0.15) is 0 Å². The Balaban J connectivity index is 1.60. The molecule has 4 aliphatic carbocycles. The van der Waals surface area contributed by atoms with Crippen molar-refractivity contribution in [3.8, 4) is 0 Å². The quantitative estimate of drug-likeness (QED) is 0.873. The van der Waals surface area contributed by atoms with Crippen LogP contribution in [-0.2, 0) is 0 Å². The van der Waals surface area contributed by atoms with Crippen molar-refractivity contribution in [2.45, 2.75) is 44.2 Å². The van der Waals surface area contributed by atoms with Crippen LogP contribution in [0.4, 0.5) is 0 Å². The van der Waals surface area contributed by atoms with E-state index in [1.807, 2.05) is 6.20 Å². The molecule has 1 unspecified atom stereocenters. The molecule has 4 aliphatic rings. The molecule has 5 rings (SSSR count). The number of nitrogens with two attached hydrogens (primary N) is 1. The summed E-state index contributed by atoms with van der Waals surface area (Å²) in [5.41, 5.74) is 6.85. The monoisotopic (exact) mass is 261 g/mol. The third-order valence-electron chi connectivity index (χ3n) is 5.73. The third-order valence-corrected chi connectivity index (χ3v) is 5.73. The Morgan fingerprint density at radius 3 is 2.42 bits per heavy atom. The van der Waals surface area contributed by atoms with Gasteiger partial charge in [-0.15, -0.1) is 0 Å². The third kappa shape index (κ3) is 1.84. The smallest absolute Gasteiger partial charge is 0.0625 e. The lowest BCUT2D eigenvalue weighted by atomic mass is 9.54. The van der Waals surface area contributed by atoms with Crippen molar-refractivity contribution in [3.63, 3.8) is 0 Å². The molecule has 4 nitrogen and oxygen atoms in total. The van der Waals surface area contributed by atoms with E-state index < -0.39 is 0 Å². The molecule has 0 aliphatic heterocycles. The highest BCUT2D eigenvalue weighted by molar-refractivity contribution is 5.11. The van der Waals surface area contributed by atoms with Gasteiger partial charge in [-0.25, -0.2) is 0 Å². The minimum atomic E-state index is -0.286. The highest BCUT2D eigenvalue weighted by atomic mass is 16.3. The fourth-order valence-corrected chi connectivity index (χ4v) is 5.14. The van der Waals surface area contributed by atoms with Crippen molar-refractivity contribution in [2.75, 3.05) is 6.61 Å². The minimum absolute atomic E-state index is 0.00658. The second kappa shape index (κ2) is 4.32. The molecule has 0 spiro atoms. The zero-order valence-electron chi connectivity index (χ0n) is 11.3. The molecule has 19 heavy (non-hydrogen) atoms. The Bertz CT molecular complexity index is 442. The number of nitrogens with zero attached hydrogens (tertiary/aromatic N) is 2. The first-order valence-electron chi connectivity index (χ1n) is 7.65. The van der Waals surface area contributed by atoms with Gasteiger partial charge in [-0.3, -0.25) is 4.68 Å². The second-order valence-electron chi connectivity index (χ2n) is 6.96. The van der Waals surface area contributed by atoms with Crippen LogP contribution in [-0.4, -0.2) is 21.5 Å². The second-order valence-corrected chi connectivity index (χ2v) is 6.96. The SMILES string of the molecule is NC(CO)c1cnn(C2C3CC4CC(C3)CC2C4)c1. The number of aliphatic hydroxyl groups is 1. The maximum Gasteiger partial charge on any atom is 0.0625 e. The van der Waals surface area contributed by atoms with Crippen LogP contribution in [0.25, 0.3) is 0 Å². The van der Waals surface area contributed by atoms with E-state index in [1.165, 1.54) is 32.1 Å². The highest BCUT2D eigenvalue weighted by Gasteiger charge is 2.49. The zero-order valence-corrected chi connectivity index (χ0v) is 11.3. The Labute approximate surface area is 114 Å². The van der Waals surface area contributed by atoms with Gasteiger partial charge in [0.15, 0.2) is 0 Å². The average Bonchev–Trinajstić information content (AvgIpc) is 2.86. The summed E-state index contributed by atoms with van der Waals surface area (Å²) in [4.78, 5) is 0. The van der Waals surface area contributed by atoms with E-state index in [0.717, 1.165) is 29.2 Å². The predicted molar refractivity (Wildman–Crippen MR) is 72.3 cm³/mol. The van der Waals surface area contributed by atoms with E-state index in [0.29, 0.717) is 6.04 Å². The maximum absolute atomic E-state index is 9.15. The molecule has 0 saturated heterocycles. The summed E-state index contributed by atoms with van der Waals surface area (Å²) in [5.74, 6) is 3.64. The summed E-state index contributed by atoms with van der Waals surface area (Å²) in [6, 6.07) is 0.304. The van der Waals surface area contributed by atoms with Gasteiger partial charge in [0.05, 0.1) is 24.9 Å². The van der Waals surface area contributed by atoms with Crippen molar-refractivity contribution in [1.29, 1.82) is 0 Å². The van der Waals surface area contributed by atoms with Crippen molar-refractivity contribution >= 4 is 0 Å². The lowest BCUT2D eigenvalue weighted by Crippen LogP contribution is -2.46. The molecular weight excluding hydrogens is 238 g/mol. The molecular formula is C15H23N3O. The van der Waals surface area contributed by atoms with Crippen molar-refractivity contribution in [1.82, 2.24) is 9.78 Å². The molecule has 104 valence electrons. The van der Waals surface area contributed by atoms with Gasteiger partial charge in [-0.2, -0.15) is 5.10 Å². The van der Waals surface area contributed by atoms with Gasteiger partial charge in [-0.05, 0) is 55.8 Å². The van der Waals surface area contributed by atoms with Gasteiger partial charge in [0.2, 0.25) is 0 Å². The van der Waals surface area contributed by atoms with Crippen molar-refractivity contribution in [2.24, 2.45) is 29.4 Å². The van der Waals surface area contributed by atoms with E-state index in [9.17, 15) is 0 Å². The zero-order chi connectivity index (χ0) is 13.0. The van der Waals surface area contributed by atoms with E-state index >= 15 is 0 Å². The lowest BCUT2D eigenvalue weighted by molar-refractivity contribution is -0.0336.